The molecule has 5 rings (SSSR count). The van der Waals surface area contributed by atoms with Gasteiger partial charge in [0.25, 0.3) is 11.8 Å². The molecule has 1 aliphatic carbocycles. The fraction of sp³-hybridized carbons (Fsp3) is 0.192. The summed E-state index contributed by atoms with van der Waals surface area (Å²) in [6.07, 6.45) is 2.42. The van der Waals surface area contributed by atoms with E-state index in [9.17, 15) is 23.9 Å². The molecule has 2 amide bonds. The number of nitrogens with zero attached hydrogens (tertiary/aromatic N) is 3. The van der Waals surface area contributed by atoms with E-state index in [-0.39, 0.29) is 41.2 Å². The minimum Gasteiger partial charge on any atom is -0.503 e. The van der Waals surface area contributed by atoms with Crippen molar-refractivity contribution in [3.05, 3.63) is 94.2 Å². The van der Waals surface area contributed by atoms with Gasteiger partial charge in [-0.15, -0.1) is 0 Å². The van der Waals surface area contributed by atoms with Crippen molar-refractivity contribution in [2.45, 2.75) is 25.4 Å². The van der Waals surface area contributed by atoms with Crippen LogP contribution in [0.15, 0.2) is 54.7 Å². The molecule has 37 heavy (non-hydrogen) atoms. The summed E-state index contributed by atoms with van der Waals surface area (Å²) in [6.45, 7) is 0.115. The van der Waals surface area contributed by atoms with Crippen LogP contribution in [0.1, 0.15) is 60.5 Å². The van der Waals surface area contributed by atoms with Gasteiger partial charge in [-0.3, -0.25) is 9.59 Å². The summed E-state index contributed by atoms with van der Waals surface area (Å²) in [5, 5.41) is 19.8. The Hall–Kier alpha value is -4.80. The van der Waals surface area contributed by atoms with Gasteiger partial charge in [0.2, 0.25) is 0 Å². The van der Waals surface area contributed by atoms with Crippen molar-refractivity contribution in [2.75, 3.05) is 7.11 Å². The summed E-state index contributed by atoms with van der Waals surface area (Å²) in [4.78, 5) is 42.2. The van der Waals surface area contributed by atoms with Gasteiger partial charge in [0.05, 0.1) is 24.9 Å². The quantitative estimate of drug-likeness (QED) is 0.344. The van der Waals surface area contributed by atoms with Crippen molar-refractivity contribution >= 4 is 23.4 Å². The van der Waals surface area contributed by atoms with Crippen LogP contribution < -0.4 is 10.6 Å². The fourth-order valence-electron chi connectivity index (χ4n) is 4.35. The molecule has 2 aromatic heterocycles. The van der Waals surface area contributed by atoms with Gasteiger partial charge in [-0.05, 0) is 53.8 Å². The summed E-state index contributed by atoms with van der Waals surface area (Å²) < 4.78 is 19.1. The van der Waals surface area contributed by atoms with Crippen molar-refractivity contribution in [3.8, 4) is 5.75 Å². The van der Waals surface area contributed by atoms with Gasteiger partial charge in [-0.25, -0.2) is 18.7 Å². The van der Waals surface area contributed by atoms with E-state index in [0.29, 0.717) is 24.0 Å². The molecule has 10 nitrogen and oxygen atoms in total. The molecule has 0 fully saturated rings. The van der Waals surface area contributed by atoms with Crippen molar-refractivity contribution < 1.29 is 28.6 Å². The number of benzene rings is 2. The standard InChI is InChI=1S/C26H22FN5O5/c1-37-26(36)16-4-8-18-15(10-16)5-9-19(18)31-24(34)20-11-21(32-23(30-20)22(33)13-29-32)25(35)28-12-14-2-6-17(27)7-3-14/h2-4,6-8,10-11,13,19,33H,5,9,12H2,1H3,(H,28,35)(H,31,34)/t19-/m0/s1. The number of aryl methyl sites for hydroxylation is 1. The summed E-state index contributed by atoms with van der Waals surface area (Å²) in [6, 6.07) is 11.8. The number of carbonyl (C=O) groups is 3. The molecule has 2 aromatic carbocycles. The molecule has 0 saturated carbocycles. The van der Waals surface area contributed by atoms with Crippen molar-refractivity contribution in [3.63, 3.8) is 0 Å². The number of esters is 1. The lowest BCUT2D eigenvalue weighted by atomic mass is 10.0. The van der Waals surface area contributed by atoms with E-state index in [1.54, 1.807) is 30.3 Å². The molecule has 0 unspecified atom stereocenters. The van der Waals surface area contributed by atoms with Gasteiger partial charge in [-0.1, -0.05) is 18.2 Å². The zero-order valence-corrected chi connectivity index (χ0v) is 19.7. The Bertz CT molecular complexity index is 1530. The highest BCUT2D eigenvalue weighted by Crippen LogP contribution is 2.32. The highest BCUT2D eigenvalue weighted by Gasteiger charge is 2.27. The first-order chi connectivity index (χ1) is 17.8. The summed E-state index contributed by atoms with van der Waals surface area (Å²) in [7, 11) is 1.32. The third kappa shape index (κ3) is 4.70. The number of hydrogen-bond donors (Lipinski definition) is 3. The number of amides is 2. The number of ether oxygens (including phenoxy) is 1. The summed E-state index contributed by atoms with van der Waals surface area (Å²) in [5.41, 5.74) is 2.80. The molecule has 0 radical (unpaired) electrons. The van der Waals surface area contributed by atoms with E-state index in [0.717, 1.165) is 21.8 Å². The first-order valence-corrected chi connectivity index (χ1v) is 11.5. The van der Waals surface area contributed by atoms with Crippen LogP contribution in [0, 0.1) is 5.82 Å². The molecule has 1 aliphatic rings. The molecular formula is C26H22FN5O5. The average molecular weight is 503 g/mol. The van der Waals surface area contributed by atoms with Crippen LogP contribution >= 0.6 is 0 Å². The van der Waals surface area contributed by atoms with Gasteiger partial charge < -0.3 is 20.5 Å². The molecule has 0 spiro atoms. The topological polar surface area (TPSA) is 135 Å². The SMILES string of the molecule is COC(=O)c1ccc2c(c1)CC[C@@H]2NC(=O)c1cc(C(=O)NCc2ccc(F)cc2)n2ncc(O)c2n1. The highest BCUT2D eigenvalue weighted by molar-refractivity contribution is 5.98. The molecule has 0 aliphatic heterocycles. The second-order valence-electron chi connectivity index (χ2n) is 8.57. The molecular weight excluding hydrogens is 481 g/mol. The zero-order chi connectivity index (χ0) is 26.1. The number of carbonyl (C=O) groups excluding carboxylic acids is 3. The van der Waals surface area contributed by atoms with Gasteiger partial charge >= 0.3 is 5.97 Å². The number of halogens is 1. The van der Waals surface area contributed by atoms with Crippen molar-refractivity contribution in [1.82, 2.24) is 25.2 Å². The highest BCUT2D eigenvalue weighted by atomic mass is 19.1. The van der Waals surface area contributed by atoms with Crippen LogP contribution in [0.2, 0.25) is 0 Å². The number of rotatable bonds is 6. The second-order valence-corrected chi connectivity index (χ2v) is 8.57. The van der Waals surface area contributed by atoms with Crippen molar-refractivity contribution in [1.29, 1.82) is 0 Å². The normalized spacial score (nSPS) is 14.3. The smallest absolute Gasteiger partial charge is 0.337 e. The third-order valence-electron chi connectivity index (χ3n) is 6.23. The third-order valence-corrected chi connectivity index (χ3v) is 6.23. The Morgan fingerprint density at radius 1 is 1.14 bits per heavy atom. The molecule has 2 heterocycles. The lowest BCUT2D eigenvalue weighted by molar-refractivity contribution is 0.0600. The predicted octanol–water partition coefficient (Wildman–Crippen LogP) is 2.71. The van der Waals surface area contributed by atoms with E-state index in [2.05, 4.69) is 20.7 Å². The molecule has 188 valence electrons. The lowest BCUT2D eigenvalue weighted by Crippen LogP contribution is -2.30. The van der Waals surface area contributed by atoms with E-state index < -0.39 is 17.8 Å². The Morgan fingerprint density at radius 2 is 1.92 bits per heavy atom. The molecule has 11 heteroatoms. The Morgan fingerprint density at radius 3 is 2.68 bits per heavy atom. The maximum Gasteiger partial charge on any atom is 0.337 e. The Labute approximate surface area is 210 Å². The largest absolute Gasteiger partial charge is 0.503 e. The fourth-order valence-corrected chi connectivity index (χ4v) is 4.35. The minimum atomic E-state index is -0.560. The lowest BCUT2D eigenvalue weighted by Gasteiger charge is -2.15. The summed E-state index contributed by atoms with van der Waals surface area (Å²) >= 11 is 0. The van der Waals surface area contributed by atoms with Crippen LogP contribution in [-0.4, -0.2) is 44.6 Å². The van der Waals surface area contributed by atoms with Gasteiger partial charge in [-0.2, -0.15) is 5.10 Å². The predicted molar refractivity (Wildman–Crippen MR) is 129 cm³/mol. The molecule has 3 N–H and O–H groups in total. The first kappa shape index (κ1) is 23.9. The number of nitrogens with one attached hydrogen (secondary N) is 2. The van der Waals surface area contributed by atoms with Crippen LogP contribution in [0.5, 0.6) is 5.75 Å². The average Bonchev–Trinajstić information content (AvgIpc) is 3.49. The van der Waals surface area contributed by atoms with Gasteiger partial charge in [0, 0.05) is 12.6 Å². The minimum absolute atomic E-state index is 0.00731. The van der Waals surface area contributed by atoms with Crippen LogP contribution in [-0.2, 0) is 17.7 Å². The molecule has 0 saturated heterocycles. The zero-order valence-electron chi connectivity index (χ0n) is 19.7. The number of aromatic nitrogens is 3. The monoisotopic (exact) mass is 503 g/mol. The van der Waals surface area contributed by atoms with E-state index in [1.807, 2.05) is 0 Å². The van der Waals surface area contributed by atoms with E-state index >= 15 is 0 Å². The Balaban J connectivity index is 1.38. The summed E-state index contributed by atoms with van der Waals surface area (Å²) in [5.74, 6) is -2.20. The van der Waals surface area contributed by atoms with Gasteiger partial charge in [0.1, 0.15) is 17.2 Å². The molecule has 4 aromatic rings. The van der Waals surface area contributed by atoms with Crippen LogP contribution in [0.25, 0.3) is 5.65 Å². The Kier molecular flexibility index (Phi) is 6.26. The first-order valence-electron chi connectivity index (χ1n) is 11.5. The van der Waals surface area contributed by atoms with Crippen LogP contribution in [0.3, 0.4) is 0 Å². The molecule has 0 bridgehead atoms. The second kappa shape index (κ2) is 9.69. The van der Waals surface area contributed by atoms with Gasteiger partial charge in [0.15, 0.2) is 11.4 Å². The maximum atomic E-state index is 13.2. The molecule has 1 atom stereocenters. The number of hydrogen-bond acceptors (Lipinski definition) is 7. The maximum absolute atomic E-state index is 13.2. The van der Waals surface area contributed by atoms with E-state index in [1.165, 1.54) is 25.3 Å². The number of methoxy groups -OCH3 is 1. The van der Waals surface area contributed by atoms with Crippen molar-refractivity contribution in [2.24, 2.45) is 0 Å². The number of fused-ring (bicyclic) bond motifs is 2. The number of aromatic hydroxyl groups is 1. The van der Waals surface area contributed by atoms with Crippen LogP contribution in [0.4, 0.5) is 4.39 Å². The van der Waals surface area contributed by atoms with E-state index in [4.69, 9.17) is 4.74 Å².